The summed E-state index contributed by atoms with van der Waals surface area (Å²) in [5, 5.41) is 3.64. The molecule has 0 bridgehead atoms. The lowest BCUT2D eigenvalue weighted by Gasteiger charge is -2.10. The van der Waals surface area contributed by atoms with Crippen molar-refractivity contribution in [3.05, 3.63) is 51.1 Å². The number of anilines is 1. The molecular formula is C14H12BrClFN3. The number of rotatable bonds is 4. The lowest BCUT2D eigenvalue weighted by Crippen LogP contribution is -2.06. The molecule has 1 aromatic carbocycles. The van der Waals surface area contributed by atoms with Crippen molar-refractivity contribution in [2.75, 3.05) is 5.32 Å². The van der Waals surface area contributed by atoms with Gasteiger partial charge in [0.15, 0.2) is 0 Å². The highest BCUT2D eigenvalue weighted by Crippen LogP contribution is 2.38. The predicted octanol–water partition coefficient (Wildman–Crippen LogP) is 4.52. The average molecular weight is 357 g/mol. The zero-order valence-corrected chi connectivity index (χ0v) is 12.9. The Morgan fingerprint density at radius 2 is 2.20 bits per heavy atom. The van der Waals surface area contributed by atoms with Gasteiger partial charge in [-0.1, -0.05) is 11.6 Å². The fourth-order valence-corrected chi connectivity index (χ4v) is 2.43. The van der Waals surface area contributed by atoms with Crippen LogP contribution in [0.4, 0.5) is 10.2 Å². The van der Waals surface area contributed by atoms with Crippen molar-refractivity contribution in [3.8, 4) is 0 Å². The molecule has 0 spiro atoms. The maximum atomic E-state index is 13.6. The third-order valence-electron chi connectivity index (χ3n) is 3.16. The molecule has 1 aromatic heterocycles. The highest BCUT2D eigenvalue weighted by Gasteiger charge is 2.27. The van der Waals surface area contributed by atoms with Crippen LogP contribution in [0.15, 0.2) is 28.9 Å². The van der Waals surface area contributed by atoms with E-state index in [9.17, 15) is 4.39 Å². The molecule has 1 aliphatic rings. The van der Waals surface area contributed by atoms with Gasteiger partial charge in [-0.05, 0) is 47.0 Å². The summed E-state index contributed by atoms with van der Waals surface area (Å²) in [6.07, 6.45) is 4.02. The minimum Gasteiger partial charge on any atom is -0.365 e. The van der Waals surface area contributed by atoms with Crippen LogP contribution in [0.1, 0.15) is 30.1 Å². The van der Waals surface area contributed by atoms with Gasteiger partial charge in [0.2, 0.25) is 0 Å². The molecule has 0 saturated heterocycles. The third kappa shape index (κ3) is 3.10. The molecule has 1 aliphatic carbocycles. The van der Waals surface area contributed by atoms with E-state index < -0.39 is 0 Å². The summed E-state index contributed by atoms with van der Waals surface area (Å²) in [5.74, 6) is 1.73. The van der Waals surface area contributed by atoms with Crippen molar-refractivity contribution in [3.63, 3.8) is 0 Å². The van der Waals surface area contributed by atoms with E-state index in [1.165, 1.54) is 12.1 Å². The molecule has 0 amide bonds. The third-order valence-corrected chi connectivity index (χ3v) is 3.97. The highest BCUT2D eigenvalue weighted by molar-refractivity contribution is 9.10. The van der Waals surface area contributed by atoms with Crippen molar-refractivity contribution in [1.82, 2.24) is 9.97 Å². The second-order valence-electron chi connectivity index (χ2n) is 4.79. The first-order valence-corrected chi connectivity index (χ1v) is 7.51. The minimum atomic E-state index is -0.283. The molecule has 2 aromatic rings. The second kappa shape index (κ2) is 5.66. The van der Waals surface area contributed by atoms with E-state index in [-0.39, 0.29) is 5.82 Å². The number of hydrogen-bond acceptors (Lipinski definition) is 3. The van der Waals surface area contributed by atoms with E-state index >= 15 is 0 Å². The van der Waals surface area contributed by atoms with E-state index in [1.54, 1.807) is 12.3 Å². The second-order valence-corrected chi connectivity index (χ2v) is 6.08. The van der Waals surface area contributed by atoms with Gasteiger partial charge in [0.25, 0.3) is 0 Å². The first-order valence-electron chi connectivity index (χ1n) is 6.33. The van der Waals surface area contributed by atoms with Crippen molar-refractivity contribution in [2.45, 2.75) is 25.3 Å². The van der Waals surface area contributed by atoms with E-state index in [0.717, 1.165) is 23.1 Å². The highest BCUT2D eigenvalue weighted by atomic mass is 79.9. The van der Waals surface area contributed by atoms with Crippen LogP contribution in [-0.2, 0) is 6.54 Å². The quantitative estimate of drug-likeness (QED) is 0.875. The van der Waals surface area contributed by atoms with Gasteiger partial charge in [0.05, 0.1) is 4.47 Å². The summed E-state index contributed by atoms with van der Waals surface area (Å²) < 4.78 is 14.4. The molecule has 0 aliphatic heterocycles. The van der Waals surface area contributed by atoms with Crippen LogP contribution in [0.3, 0.4) is 0 Å². The maximum absolute atomic E-state index is 13.6. The summed E-state index contributed by atoms with van der Waals surface area (Å²) in [6, 6.07) is 4.51. The first kappa shape index (κ1) is 13.8. The van der Waals surface area contributed by atoms with Crippen molar-refractivity contribution in [1.29, 1.82) is 0 Å². The van der Waals surface area contributed by atoms with Crippen molar-refractivity contribution < 1.29 is 4.39 Å². The summed E-state index contributed by atoms with van der Waals surface area (Å²) >= 11 is 9.27. The summed E-state index contributed by atoms with van der Waals surface area (Å²) in [7, 11) is 0. The molecule has 104 valence electrons. The Kier molecular flexibility index (Phi) is 3.89. The molecule has 20 heavy (non-hydrogen) atoms. The van der Waals surface area contributed by atoms with Crippen LogP contribution in [0, 0.1) is 5.82 Å². The first-order chi connectivity index (χ1) is 9.63. The number of hydrogen-bond donors (Lipinski definition) is 1. The Hall–Kier alpha value is -1.20. The largest absolute Gasteiger partial charge is 0.365 e. The fourth-order valence-electron chi connectivity index (χ4n) is 1.90. The zero-order valence-electron chi connectivity index (χ0n) is 10.5. The number of nitrogens with one attached hydrogen (secondary N) is 1. The average Bonchev–Trinajstić information content (AvgIpc) is 3.26. The Morgan fingerprint density at radius 3 is 2.95 bits per heavy atom. The number of nitrogens with zero attached hydrogens (tertiary/aromatic N) is 2. The van der Waals surface area contributed by atoms with E-state index in [0.29, 0.717) is 28.9 Å². The molecule has 1 heterocycles. The molecular weight excluding hydrogens is 345 g/mol. The lowest BCUT2D eigenvalue weighted by molar-refractivity contribution is 0.613. The topological polar surface area (TPSA) is 37.8 Å². The normalized spacial score (nSPS) is 14.3. The minimum absolute atomic E-state index is 0.283. The molecule has 6 heteroatoms. The van der Waals surface area contributed by atoms with Crippen LogP contribution < -0.4 is 5.32 Å². The lowest BCUT2D eigenvalue weighted by atomic mass is 10.2. The molecule has 0 unspecified atom stereocenters. The molecule has 0 radical (unpaired) electrons. The van der Waals surface area contributed by atoms with Gasteiger partial charge in [-0.2, -0.15) is 0 Å². The smallest absolute Gasteiger partial charge is 0.144 e. The molecule has 1 fully saturated rings. The fraction of sp³-hybridized carbons (Fsp3) is 0.286. The van der Waals surface area contributed by atoms with Gasteiger partial charge in [-0.25, -0.2) is 14.4 Å². The summed E-state index contributed by atoms with van der Waals surface area (Å²) in [5.41, 5.74) is 0.510. The number of halogens is 3. The summed E-state index contributed by atoms with van der Waals surface area (Å²) in [4.78, 5) is 8.77. The predicted molar refractivity (Wildman–Crippen MR) is 80.4 cm³/mol. The number of benzene rings is 1. The zero-order chi connectivity index (χ0) is 14.1. The van der Waals surface area contributed by atoms with Crippen LogP contribution in [-0.4, -0.2) is 9.97 Å². The Labute approximate surface area is 129 Å². The van der Waals surface area contributed by atoms with Crippen LogP contribution in [0.25, 0.3) is 0 Å². The molecule has 3 rings (SSSR count). The number of aromatic nitrogens is 2. The molecule has 1 N–H and O–H groups in total. The summed E-state index contributed by atoms with van der Waals surface area (Å²) in [6.45, 7) is 0.326. The van der Waals surface area contributed by atoms with Gasteiger partial charge >= 0.3 is 0 Å². The van der Waals surface area contributed by atoms with Crippen LogP contribution in [0.2, 0.25) is 5.02 Å². The van der Waals surface area contributed by atoms with Crippen LogP contribution >= 0.6 is 27.5 Å². The van der Waals surface area contributed by atoms with Crippen molar-refractivity contribution in [2.24, 2.45) is 0 Å². The molecule has 1 saturated carbocycles. The van der Waals surface area contributed by atoms with Gasteiger partial charge in [0, 0.05) is 29.2 Å². The van der Waals surface area contributed by atoms with Gasteiger partial charge in [-0.3, -0.25) is 0 Å². The van der Waals surface area contributed by atoms with Crippen LogP contribution in [0.5, 0.6) is 0 Å². The Bertz CT molecular complexity index is 646. The maximum Gasteiger partial charge on any atom is 0.144 e. The van der Waals surface area contributed by atoms with Gasteiger partial charge in [0.1, 0.15) is 17.5 Å². The molecule has 0 atom stereocenters. The Morgan fingerprint density at radius 1 is 1.40 bits per heavy atom. The van der Waals surface area contributed by atoms with Gasteiger partial charge in [-0.15, -0.1) is 0 Å². The van der Waals surface area contributed by atoms with E-state index in [2.05, 4.69) is 31.2 Å². The van der Waals surface area contributed by atoms with Gasteiger partial charge < -0.3 is 5.32 Å². The SMILES string of the molecule is Fc1ccc(Cl)cc1CNc1nc(C2CC2)ncc1Br. The standard InChI is InChI=1S/C14H12BrClFN3/c15-11-7-19-13(8-1-2-8)20-14(11)18-6-9-5-10(16)3-4-12(9)17/h3-5,7-8H,1-2,6H2,(H,18,19,20). The Balaban J connectivity index is 1.77. The monoisotopic (exact) mass is 355 g/mol. The van der Waals surface area contributed by atoms with Crippen molar-refractivity contribution >= 4 is 33.3 Å². The van der Waals surface area contributed by atoms with E-state index in [1.807, 2.05) is 0 Å². The van der Waals surface area contributed by atoms with E-state index in [4.69, 9.17) is 11.6 Å². The molecule has 3 nitrogen and oxygen atoms in total.